The van der Waals surface area contributed by atoms with Crippen molar-refractivity contribution in [3.05, 3.63) is 21.7 Å². The van der Waals surface area contributed by atoms with Gasteiger partial charge in [0.25, 0.3) is 0 Å². The van der Waals surface area contributed by atoms with Crippen LogP contribution in [0.5, 0.6) is 11.5 Å². The third-order valence-corrected chi connectivity index (χ3v) is 3.91. The molecular weight excluding hydrogens is 302 g/mol. The van der Waals surface area contributed by atoms with E-state index in [0.717, 1.165) is 27.8 Å². The minimum atomic E-state index is -1.02. The summed E-state index contributed by atoms with van der Waals surface area (Å²) in [6.45, 7) is 0.610. The zero-order chi connectivity index (χ0) is 13.3. The van der Waals surface area contributed by atoms with Crippen molar-refractivity contribution in [2.75, 3.05) is 13.7 Å². The van der Waals surface area contributed by atoms with Gasteiger partial charge < -0.3 is 20.3 Å². The second-order valence-electron chi connectivity index (χ2n) is 4.11. The summed E-state index contributed by atoms with van der Waals surface area (Å²) in [5.74, 6) is 0.341. The lowest BCUT2D eigenvalue weighted by molar-refractivity contribution is -0.138. The first kappa shape index (κ1) is 13.2. The first-order chi connectivity index (χ1) is 8.54. The molecule has 0 fully saturated rings. The number of carboxylic acids is 1. The van der Waals surface area contributed by atoms with Crippen molar-refractivity contribution in [2.45, 2.75) is 18.9 Å². The van der Waals surface area contributed by atoms with Crippen LogP contribution in [-0.4, -0.2) is 30.8 Å². The molecule has 1 heterocycles. The molecule has 0 bridgehead atoms. The number of nitrogens with two attached hydrogens (primary N) is 1. The second-order valence-corrected chi connectivity index (χ2v) is 4.90. The topological polar surface area (TPSA) is 81.8 Å². The average molecular weight is 316 g/mol. The fraction of sp³-hybridized carbons (Fsp3) is 0.417. The maximum absolute atomic E-state index is 10.8. The van der Waals surface area contributed by atoms with Gasteiger partial charge in [-0.05, 0) is 18.1 Å². The van der Waals surface area contributed by atoms with Crippen molar-refractivity contribution in [1.29, 1.82) is 0 Å². The third-order valence-electron chi connectivity index (χ3n) is 2.93. The van der Waals surface area contributed by atoms with Gasteiger partial charge in [-0.1, -0.05) is 15.9 Å². The molecule has 5 nitrogen and oxygen atoms in total. The number of ether oxygens (including phenoxy) is 2. The SMILES string of the molecule is COc1cc(CC(N)C(=O)O)c(Br)c2c1OCC2. The van der Waals surface area contributed by atoms with Crippen LogP contribution in [0.2, 0.25) is 0 Å². The molecule has 0 saturated heterocycles. The van der Waals surface area contributed by atoms with Crippen LogP contribution in [0, 0.1) is 0 Å². The molecule has 0 aliphatic carbocycles. The molecule has 6 heteroatoms. The van der Waals surface area contributed by atoms with E-state index in [1.165, 1.54) is 0 Å². The van der Waals surface area contributed by atoms with Crippen LogP contribution in [0.25, 0.3) is 0 Å². The third kappa shape index (κ3) is 2.30. The van der Waals surface area contributed by atoms with Crippen molar-refractivity contribution < 1.29 is 19.4 Å². The minimum absolute atomic E-state index is 0.250. The largest absolute Gasteiger partial charge is 0.493 e. The van der Waals surface area contributed by atoms with Crippen LogP contribution in [0.3, 0.4) is 0 Å². The number of fused-ring (bicyclic) bond motifs is 1. The zero-order valence-corrected chi connectivity index (χ0v) is 11.5. The van der Waals surface area contributed by atoms with Gasteiger partial charge in [0.15, 0.2) is 11.5 Å². The lowest BCUT2D eigenvalue weighted by Gasteiger charge is -2.14. The van der Waals surface area contributed by atoms with E-state index in [4.69, 9.17) is 20.3 Å². The van der Waals surface area contributed by atoms with Crippen molar-refractivity contribution in [1.82, 2.24) is 0 Å². The molecule has 1 unspecified atom stereocenters. The quantitative estimate of drug-likeness (QED) is 0.876. The summed E-state index contributed by atoms with van der Waals surface area (Å²) in [6.07, 6.45) is 1.03. The van der Waals surface area contributed by atoms with Crippen molar-refractivity contribution in [3.63, 3.8) is 0 Å². The molecule has 1 aliphatic rings. The summed E-state index contributed by atoms with van der Waals surface area (Å²) in [7, 11) is 1.56. The van der Waals surface area contributed by atoms with E-state index in [1.54, 1.807) is 13.2 Å². The zero-order valence-electron chi connectivity index (χ0n) is 9.90. The predicted molar refractivity (Wildman–Crippen MR) is 69.2 cm³/mol. The second kappa shape index (κ2) is 5.16. The molecule has 1 atom stereocenters. The van der Waals surface area contributed by atoms with Gasteiger partial charge in [0, 0.05) is 16.5 Å². The van der Waals surface area contributed by atoms with Crippen LogP contribution in [0.1, 0.15) is 11.1 Å². The first-order valence-corrected chi connectivity index (χ1v) is 6.33. The van der Waals surface area contributed by atoms with Gasteiger partial charge in [0.05, 0.1) is 13.7 Å². The molecule has 18 heavy (non-hydrogen) atoms. The van der Waals surface area contributed by atoms with Crippen LogP contribution < -0.4 is 15.2 Å². The molecule has 0 saturated carbocycles. The summed E-state index contributed by atoms with van der Waals surface area (Å²) < 4.78 is 11.6. The average Bonchev–Trinajstić information content (AvgIpc) is 2.82. The Morgan fingerprint density at radius 1 is 1.72 bits per heavy atom. The van der Waals surface area contributed by atoms with E-state index >= 15 is 0 Å². The molecule has 0 spiro atoms. The lowest BCUT2D eigenvalue weighted by atomic mass is 10.0. The van der Waals surface area contributed by atoms with Crippen LogP contribution >= 0.6 is 15.9 Å². The first-order valence-electron chi connectivity index (χ1n) is 5.54. The number of rotatable bonds is 4. The summed E-state index contributed by atoms with van der Waals surface area (Å²) in [4.78, 5) is 10.8. The maximum Gasteiger partial charge on any atom is 0.320 e. The highest BCUT2D eigenvalue weighted by molar-refractivity contribution is 9.10. The Balaban J connectivity index is 2.39. The number of methoxy groups -OCH3 is 1. The van der Waals surface area contributed by atoms with Gasteiger partial charge in [-0.3, -0.25) is 4.79 Å². The molecule has 1 aliphatic heterocycles. The number of carboxylic acid groups (broad SMARTS) is 1. The lowest BCUT2D eigenvalue weighted by Crippen LogP contribution is -2.32. The Morgan fingerprint density at radius 3 is 3.06 bits per heavy atom. The highest BCUT2D eigenvalue weighted by atomic mass is 79.9. The molecule has 1 aromatic rings. The number of hydrogen-bond acceptors (Lipinski definition) is 4. The van der Waals surface area contributed by atoms with Gasteiger partial charge in [0.2, 0.25) is 0 Å². The number of aliphatic carboxylic acids is 1. The van der Waals surface area contributed by atoms with E-state index in [1.807, 2.05) is 0 Å². The van der Waals surface area contributed by atoms with Gasteiger partial charge in [-0.25, -0.2) is 0 Å². The Hall–Kier alpha value is -1.27. The molecule has 0 amide bonds. The number of benzene rings is 1. The molecule has 98 valence electrons. The van der Waals surface area contributed by atoms with Crippen molar-refractivity contribution in [2.24, 2.45) is 5.73 Å². The maximum atomic E-state index is 10.8. The minimum Gasteiger partial charge on any atom is -0.493 e. The van der Waals surface area contributed by atoms with Crippen LogP contribution in [0.4, 0.5) is 0 Å². The van der Waals surface area contributed by atoms with Gasteiger partial charge in [-0.2, -0.15) is 0 Å². The van der Waals surface area contributed by atoms with Crippen LogP contribution in [-0.2, 0) is 17.6 Å². The smallest absolute Gasteiger partial charge is 0.320 e. The van der Waals surface area contributed by atoms with Crippen molar-refractivity contribution >= 4 is 21.9 Å². The Labute approximate surface area is 113 Å². The summed E-state index contributed by atoms with van der Waals surface area (Å²) in [5, 5.41) is 8.86. The van der Waals surface area contributed by atoms with E-state index in [0.29, 0.717) is 12.4 Å². The van der Waals surface area contributed by atoms with E-state index in [9.17, 15) is 4.79 Å². The number of halogens is 1. The van der Waals surface area contributed by atoms with Crippen molar-refractivity contribution in [3.8, 4) is 11.5 Å². The molecule has 3 N–H and O–H groups in total. The summed E-state index contributed by atoms with van der Waals surface area (Å²) in [6, 6.07) is 0.850. The molecule has 2 rings (SSSR count). The van der Waals surface area contributed by atoms with E-state index in [2.05, 4.69) is 15.9 Å². The molecule has 1 aromatic carbocycles. The van der Waals surface area contributed by atoms with Gasteiger partial charge >= 0.3 is 5.97 Å². The Morgan fingerprint density at radius 2 is 2.44 bits per heavy atom. The Kier molecular flexibility index (Phi) is 3.77. The highest BCUT2D eigenvalue weighted by Crippen LogP contribution is 2.42. The number of carbonyl (C=O) groups is 1. The Bertz CT molecular complexity index is 489. The monoisotopic (exact) mass is 315 g/mol. The molecule has 0 radical (unpaired) electrons. The standard InChI is InChI=1S/C12H14BrNO4/c1-17-9-5-6(4-8(14)12(15)16)10(13)7-2-3-18-11(7)9/h5,8H,2-4,14H2,1H3,(H,15,16). The van der Waals surface area contributed by atoms with E-state index in [-0.39, 0.29) is 6.42 Å². The fourth-order valence-electron chi connectivity index (χ4n) is 1.99. The highest BCUT2D eigenvalue weighted by Gasteiger charge is 2.24. The van der Waals surface area contributed by atoms with E-state index < -0.39 is 12.0 Å². The predicted octanol–water partition coefficient (Wildman–Crippen LogP) is 1.35. The summed E-state index contributed by atoms with van der Waals surface area (Å²) in [5.41, 5.74) is 7.40. The summed E-state index contributed by atoms with van der Waals surface area (Å²) >= 11 is 3.49. The number of hydrogen-bond donors (Lipinski definition) is 2. The van der Waals surface area contributed by atoms with Crippen LogP contribution in [0.15, 0.2) is 10.5 Å². The molecule has 0 aromatic heterocycles. The fourth-order valence-corrected chi connectivity index (χ4v) is 2.65. The van der Waals surface area contributed by atoms with Gasteiger partial charge in [0.1, 0.15) is 6.04 Å². The normalized spacial score (nSPS) is 14.8. The molecular formula is C12H14BrNO4. The van der Waals surface area contributed by atoms with Gasteiger partial charge in [-0.15, -0.1) is 0 Å².